The highest BCUT2D eigenvalue weighted by molar-refractivity contribution is 6.02. The lowest BCUT2D eigenvalue weighted by molar-refractivity contribution is 0.0964. The fourth-order valence-corrected chi connectivity index (χ4v) is 3.60. The first-order valence-electron chi connectivity index (χ1n) is 8.52. The van der Waals surface area contributed by atoms with Gasteiger partial charge in [0.15, 0.2) is 0 Å². The van der Waals surface area contributed by atoms with Crippen LogP contribution in [0, 0.1) is 6.92 Å². The summed E-state index contributed by atoms with van der Waals surface area (Å²) in [6, 6.07) is 11.6. The molecule has 3 heterocycles. The van der Waals surface area contributed by atoms with Crippen LogP contribution in [0.2, 0.25) is 0 Å². The number of hydrogen-bond donors (Lipinski definition) is 1. The zero-order valence-electron chi connectivity index (χ0n) is 13.8. The van der Waals surface area contributed by atoms with E-state index < -0.39 is 0 Å². The summed E-state index contributed by atoms with van der Waals surface area (Å²) in [6.45, 7) is 4.05. The third kappa shape index (κ3) is 2.63. The van der Waals surface area contributed by atoms with E-state index in [0.29, 0.717) is 11.5 Å². The van der Waals surface area contributed by atoms with Crippen molar-refractivity contribution >= 4 is 16.9 Å². The van der Waals surface area contributed by atoms with Gasteiger partial charge in [0, 0.05) is 18.0 Å². The van der Waals surface area contributed by atoms with E-state index in [-0.39, 0.29) is 5.91 Å². The van der Waals surface area contributed by atoms with E-state index in [0.717, 1.165) is 42.5 Å². The summed E-state index contributed by atoms with van der Waals surface area (Å²) in [4.78, 5) is 17.6. The minimum absolute atomic E-state index is 0.0110. The van der Waals surface area contributed by atoms with Crippen LogP contribution in [-0.4, -0.2) is 28.5 Å². The molecule has 0 amide bonds. The summed E-state index contributed by atoms with van der Waals surface area (Å²) in [5, 5.41) is 3.40. The van der Waals surface area contributed by atoms with Gasteiger partial charge in [0.25, 0.3) is 5.91 Å². The predicted octanol–water partition coefficient (Wildman–Crippen LogP) is 3.50. The van der Waals surface area contributed by atoms with Crippen molar-refractivity contribution in [3.63, 3.8) is 0 Å². The number of rotatable bonds is 2. The van der Waals surface area contributed by atoms with Crippen molar-refractivity contribution in [3.8, 4) is 0 Å². The molecule has 1 fully saturated rings. The van der Waals surface area contributed by atoms with Crippen LogP contribution in [0.3, 0.4) is 0 Å². The molecule has 24 heavy (non-hydrogen) atoms. The van der Waals surface area contributed by atoms with Gasteiger partial charge >= 0.3 is 0 Å². The molecule has 0 unspecified atom stereocenters. The van der Waals surface area contributed by atoms with Crippen molar-refractivity contribution < 1.29 is 4.79 Å². The number of aromatic nitrogens is 2. The van der Waals surface area contributed by atoms with Crippen LogP contribution in [0.25, 0.3) is 11.0 Å². The number of carbonyl (C=O) groups is 1. The second kappa shape index (κ2) is 6.21. The zero-order chi connectivity index (χ0) is 16.5. The molecule has 0 radical (unpaired) electrons. The molecule has 0 aliphatic carbocycles. The second-order valence-corrected chi connectivity index (χ2v) is 6.52. The molecule has 1 saturated heterocycles. The molecule has 0 spiro atoms. The Morgan fingerprint density at radius 3 is 2.83 bits per heavy atom. The van der Waals surface area contributed by atoms with E-state index in [1.807, 2.05) is 55.7 Å². The van der Waals surface area contributed by atoms with Crippen molar-refractivity contribution in [2.45, 2.75) is 25.7 Å². The lowest BCUT2D eigenvalue weighted by Crippen LogP contribution is -2.26. The molecule has 1 aliphatic heterocycles. The average molecular weight is 319 g/mol. The first-order valence-corrected chi connectivity index (χ1v) is 8.52. The molecular weight excluding hydrogens is 298 g/mol. The van der Waals surface area contributed by atoms with Gasteiger partial charge in [-0.2, -0.15) is 0 Å². The minimum atomic E-state index is 0.0110. The Morgan fingerprint density at radius 2 is 2.04 bits per heavy atom. The zero-order valence-corrected chi connectivity index (χ0v) is 13.8. The van der Waals surface area contributed by atoms with Crippen LogP contribution in [0.15, 0.2) is 48.8 Å². The first kappa shape index (κ1) is 15.1. The third-order valence-electron chi connectivity index (χ3n) is 4.85. The molecule has 2 aromatic heterocycles. The highest BCUT2D eigenvalue weighted by Crippen LogP contribution is 2.32. The highest BCUT2D eigenvalue weighted by atomic mass is 16.2. The Labute approximate surface area is 141 Å². The average Bonchev–Trinajstić information content (AvgIpc) is 3.01. The van der Waals surface area contributed by atoms with Gasteiger partial charge in [-0.25, -0.2) is 0 Å². The second-order valence-electron chi connectivity index (χ2n) is 6.52. The van der Waals surface area contributed by atoms with Crippen molar-refractivity contribution in [1.29, 1.82) is 0 Å². The molecule has 1 aliphatic rings. The van der Waals surface area contributed by atoms with Gasteiger partial charge in [-0.15, -0.1) is 0 Å². The van der Waals surface area contributed by atoms with E-state index in [9.17, 15) is 4.79 Å². The van der Waals surface area contributed by atoms with E-state index in [1.165, 1.54) is 5.56 Å². The molecule has 4 heteroatoms. The van der Waals surface area contributed by atoms with Gasteiger partial charge in [-0.05, 0) is 68.6 Å². The maximum absolute atomic E-state index is 13.0. The summed E-state index contributed by atoms with van der Waals surface area (Å²) in [5.74, 6) is 0.479. The molecule has 3 aromatic rings. The summed E-state index contributed by atoms with van der Waals surface area (Å²) >= 11 is 0. The summed E-state index contributed by atoms with van der Waals surface area (Å²) in [7, 11) is 0. The van der Waals surface area contributed by atoms with E-state index in [1.54, 1.807) is 4.57 Å². The van der Waals surface area contributed by atoms with Crippen molar-refractivity contribution in [2.75, 3.05) is 13.1 Å². The summed E-state index contributed by atoms with van der Waals surface area (Å²) < 4.78 is 1.77. The maximum atomic E-state index is 13.0. The van der Waals surface area contributed by atoms with Crippen LogP contribution in [0.5, 0.6) is 0 Å². The molecule has 1 aromatic carbocycles. The predicted molar refractivity (Wildman–Crippen MR) is 95.5 cm³/mol. The van der Waals surface area contributed by atoms with Crippen LogP contribution in [-0.2, 0) is 0 Å². The minimum Gasteiger partial charge on any atom is -0.317 e. The number of piperidine rings is 1. The fraction of sp³-hybridized carbons (Fsp3) is 0.300. The highest BCUT2D eigenvalue weighted by Gasteiger charge is 2.23. The molecular formula is C20H21N3O. The molecule has 4 rings (SSSR count). The smallest absolute Gasteiger partial charge is 0.262 e. The number of benzene rings is 1. The number of pyridine rings is 1. The third-order valence-corrected chi connectivity index (χ3v) is 4.85. The largest absolute Gasteiger partial charge is 0.317 e. The van der Waals surface area contributed by atoms with Gasteiger partial charge < -0.3 is 5.32 Å². The summed E-state index contributed by atoms with van der Waals surface area (Å²) in [6.07, 6.45) is 6.01. The van der Waals surface area contributed by atoms with Gasteiger partial charge in [-0.3, -0.25) is 14.3 Å². The number of fused-ring (bicyclic) bond motifs is 1. The Kier molecular flexibility index (Phi) is 3.90. The molecule has 0 atom stereocenters. The maximum Gasteiger partial charge on any atom is 0.262 e. The van der Waals surface area contributed by atoms with E-state index >= 15 is 0 Å². The number of hydrogen-bond acceptors (Lipinski definition) is 3. The molecule has 0 saturated carbocycles. The molecule has 0 bridgehead atoms. The summed E-state index contributed by atoms with van der Waals surface area (Å²) in [5.41, 5.74) is 4.87. The van der Waals surface area contributed by atoms with E-state index in [4.69, 9.17) is 0 Å². The van der Waals surface area contributed by atoms with Crippen molar-refractivity contribution in [3.05, 3.63) is 65.5 Å². The van der Waals surface area contributed by atoms with Crippen molar-refractivity contribution in [2.24, 2.45) is 0 Å². The van der Waals surface area contributed by atoms with Crippen LogP contribution >= 0.6 is 0 Å². The van der Waals surface area contributed by atoms with Crippen LogP contribution < -0.4 is 5.32 Å². The number of nitrogens with zero attached hydrogens (tertiary/aromatic N) is 2. The molecule has 1 N–H and O–H groups in total. The normalized spacial score (nSPS) is 15.7. The van der Waals surface area contributed by atoms with Crippen LogP contribution in [0.4, 0.5) is 0 Å². The Morgan fingerprint density at radius 1 is 1.21 bits per heavy atom. The van der Waals surface area contributed by atoms with Gasteiger partial charge in [-0.1, -0.05) is 17.7 Å². The van der Waals surface area contributed by atoms with Gasteiger partial charge in [0.2, 0.25) is 0 Å². The fourth-order valence-electron chi connectivity index (χ4n) is 3.60. The van der Waals surface area contributed by atoms with E-state index in [2.05, 4.69) is 10.3 Å². The SMILES string of the molecule is Cc1cccc(C(=O)n2cc(C3CCNCC3)c3ncccc32)c1. The lowest BCUT2D eigenvalue weighted by atomic mass is 9.91. The Balaban J connectivity index is 1.82. The van der Waals surface area contributed by atoms with Gasteiger partial charge in [0.1, 0.15) is 0 Å². The molecule has 122 valence electrons. The quantitative estimate of drug-likeness (QED) is 0.786. The monoisotopic (exact) mass is 319 g/mol. The van der Waals surface area contributed by atoms with Gasteiger partial charge in [0.05, 0.1) is 11.0 Å². The Hall–Kier alpha value is -2.46. The topological polar surface area (TPSA) is 46.9 Å². The standard InChI is InChI=1S/C20H21N3O/c1-14-4-2-5-16(12-14)20(24)23-13-17(15-7-10-21-11-8-15)19-18(23)6-3-9-22-19/h2-6,9,12-13,15,21H,7-8,10-11H2,1H3. The number of aryl methyl sites for hydroxylation is 1. The number of carbonyl (C=O) groups excluding carboxylic acids is 1. The number of nitrogens with one attached hydrogen (secondary N) is 1. The lowest BCUT2D eigenvalue weighted by Gasteiger charge is -2.21. The first-order chi connectivity index (χ1) is 11.7. The molecule has 4 nitrogen and oxygen atoms in total. The van der Waals surface area contributed by atoms with Crippen LogP contribution in [0.1, 0.15) is 40.2 Å². The Bertz CT molecular complexity index is 891. The van der Waals surface area contributed by atoms with Crippen molar-refractivity contribution in [1.82, 2.24) is 14.9 Å².